The Morgan fingerprint density at radius 3 is 2.91 bits per heavy atom. The molecule has 3 rings (SSSR count). The van der Waals surface area contributed by atoms with E-state index in [4.69, 9.17) is 0 Å². The average molecular weight is 338 g/mol. The smallest absolute Gasteiger partial charge is 0.351 e. The standard InChI is InChI=1S/C13H14N4O5S/c18-11(15-9-4-6-23(20,21)8-9)7-17-12(16-22-13(17)19)10-3-1-2-5-14-10/h1-3,5,9H,4,6-8H2,(H,15,18)/t9-/m0/s1. The number of carbonyl (C=O) groups excluding carboxylic acids is 1. The van der Waals surface area contributed by atoms with Crippen LogP contribution in [0.25, 0.3) is 11.5 Å². The Kier molecular flexibility index (Phi) is 3.99. The van der Waals surface area contributed by atoms with Gasteiger partial charge in [0.1, 0.15) is 12.2 Å². The van der Waals surface area contributed by atoms with Gasteiger partial charge in [-0.25, -0.2) is 17.8 Å². The first-order valence-corrected chi connectivity index (χ1v) is 8.74. The van der Waals surface area contributed by atoms with Gasteiger partial charge in [-0.2, -0.15) is 0 Å². The van der Waals surface area contributed by atoms with Crippen molar-refractivity contribution in [1.29, 1.82) is 0 Å². The summed E-state index contributed by atoms with van der Waals surface area (Å²) in [7, 11) is -3.09. The maximum atomic E-state index is 12.1. The maximum Gasteiger partial charge on any atom is 0.442 e. The number of hydrogen-bond acceptors (Lipinski definition) is 7. The van der Waals surface area contributed by atoms with Crippen molar-refractivity contribution in [2.24, 2.45) is 0 Å². The Labute approximate surface area is 131 Å². The van der Waals surface area contributed by atoms with Gasteiger partial charge < -0.3 is 5.32 Å². The quantitative estimate of drug-likeness (QED) is 0.774. The molecule has 0 spiro atoms. The highest BCUT2D eigenvalue weighted by Crippen LogP contribution is 2.13. The molecule has 1 atom stereocenters. The fourth-order valence-corrected chi connectivity index (χ4v) is 4.09. The second-order valence-electron chi connectivity index (χ2n) is 5.24. The first-order chi connectivity index (χ1) is 10.9. The average Bonchev–Trinajstić information content (AvgIpc) is 3.03. The van der Waals surface area contributed by atoms with Crippen molar-refractivity contribution in [1.82, 2.24) is 20.0 Å². The molecule has 9 nitrogen and oxygen atoms in total. The number of nitrogens with one attached hydrogen (secondary N) is 1. The summed E-state index contributed by atoms with van der Waals surface area (Å²) in [6.45, 7) is -0.315. The van der Waals surface area contributed by atoms with Gasteiger partial charge in [0.2, 0.25) is 11.7 Å². The molecule has 1 fully saturated rings. The fraction of sp³-hybridized carbons (Fsp3) is 0.385. The van der Waals surface area contributed by atoms with E-state index in [1.54, 1.807) is 18.2 Å². The van der Waals surface area contributed by atoms with E-state index in [-0.39, 0.29) is 23.9 Å². The SMILES string of the molecule is O=C(Cn1c(-c2ccccn2)noc1=O)N[C@H]1CCS(=O)(=O)C1. The number of nitrogens with zero attached hydrogens (tertiary/aromatic N) is 3. The molecule has 0 bridgehead atoms. The van der Waals surface area contributed by atoms with Crippen LogP contribution in [0.5, 0.6) is 0 Å². The zero-order valence-electron chi connectivity index (χ0n) is 12.0. The monoisotopic (exact) mass is 338 g/mol. The molecule has 1 amide bonds. The van der Waals surface area contributed by atoms with E-state index < -0.39 is 27.5 Å². The summed E-state index contributed by atoms with van der Waals surface area (Å²) in [4.78, 5) is 27.8. The molecule has 0 aliphatic carbocycles. The second-order valence-corrected chi connectivity index (χ2v) is 7.47. The molecule has 0 radical (unpaired) electrons. The predicted octanol–water partition coefficient (Wildman–Crippen LogP) is -0.798. The summed E-state index contributed by atoms with van der Waals surface area (Å²) >= 11 is 0. The van der Waals surface area contributed by atoms with Crippen LogP contribution in [0.3, 0.4) is 0 Å². The van der Waals surface area contributed by atoms with Crippen LogP contribution in [0.15, 0.2) is 33.7 Å². The fourth-order valence-electron chi connectivity index (χ4n) is 2.41. The van der Waals surface area contributed by atoms with Crippen LogP contribution >= 0.6 is 0 Å². The highest BCUT2D eigenvalue weighted by atomic mass is 32.2. The lowest BCUT2D eigenvalue weighted by Gasteiger charge is -2.11. The molecule has 23 heavy (non-hydrogen) atoms. The minimum Gasteiger partial charge on any atom is -0.351 e. The Morgan fingerprint density at radius 2 is 2.26 bits per heavy atom. The summed E-state index contributed by atoms with van der Waals surface area (Å²) in [5.41, 5.74) is 0.398. The van der Waals surface area contributed by atoms with E-state index >= 15 is 0 Å². The van der Waals surface area contributed by atoms with Crippen LogP contribution in [0.2, 0.25) is 0 Å². The van der Waals surface area contributed by atoms with Crippen molar-refractivity contribution in [2.75, 3.05) is 11.5 Å². The number of pyridine rings is 1. The van der Waals surface area contributed by atoms with Crippen LogP contribution in [0.1, 0.15) is 6.42 Å². The lowest BCUT2D eigenvalue weighted by atomic mass is 10.2. The molecule has 0 saturated carbocycles. The zero-order valence-corrected chi connectivity index (χ0v) is 12.8. The summed E-state index contributed by atoms with van der Waals surface area (Å²) in [6.07, 6.45) is 1.90. The summed E-state index contributed by atoms with van der Waals surface area (Å²) in [5.74, 6) is -1.13. The van der Waals surface area contributed by atoms with Gasteiger partial charge in [0.05, 0.1) is 11.5 Å². The molecule has 2 aromatic heterocycles. The lowest BCUT2D eigenvalue weighted by molar-refractivity contribution is -0.122. The number of sulfone groups is 1. The third-order valence-electron chi connectivity index (χ3n) is 3.48. The van der Waals surface area contributed by atoms with E-state index in [1.807, 2.05) is 0 Å². The van der Waals surface area contributed by atoms with Gasteiger partial charge in [-0.3, -0.25) is 14.3 Å². The normalized spacial score (nSPS) is 19.6. The molecule has 1 aliphatic heterocycles. The summed E-state index contributed by atoms with van der Waals surface area (Å²) in [5, 5.41) is 6.24. The first-order valence-electron chi connectivity index (χ1n) is 6.92. The number of rotatable bonds is 4. The Morgan fingerprint density at radius 1 is 1.43 bits per heavy atom. The summed E-state index contributed by atoms with van der Waals surface area (Å²) < 4.78 is 28.4. The van der Waals surface area contributed by atoms with Crippen molar-refractivity contribution in [3.63, 3.8) is 0 Å². The van der Waals surface area contributed by atoms with Gasteiger partial charge in [0.25, 0.3) is 0 Å². The van der Waals surface area contributed by atoms with Gasteiger partial charge in [0.15, 0.2) is 9.84 Å². The summed E-state index contributed by atoms with van der Waals surface area (Å²) in [6, 6.07) is 4.63. The minimum absolute atomic E-state index is 0.0599. The molecule has 2 aromatic rings. The molecule has 0 aromatic carbocycles. The molecular formula is C13H14N4O5S. The van der Waals surface area contributed by atoms with E-state index in [2.05, 4.69) is 20.0 Å². The number of hydrogen-bond donors (Lipinski definition) is 1. The van der Waals surface area contributed by atoms with Crippen molar-refractivity contribution in [2.45, 2.75) is 19.0 Å². The maximum absolute atomic E-state index is 12.1. The van der Waals surface area contributed by atoms with E-state index in [9.17, 15) is 18.0 Å². The van der Waals surface area contributed by atoms with E-state index in [0.29, 0.717) is 12.1 Å². The Balaban J connectivity index is 1.75. The largest absolute Gasteiger partial charge is 0.442 e. The van der Waals surface area contributed by atoms with Gasteiger partial charge in [0, 0.05) is 12.2 Å². The molecule has 10 heteroatoms. The van der Waals surface area contributed by atoms with Crippen LogP contribution in [0.4, 0.5) is 0 Å². The number of carbonyl (C=O) groups is 1. The van der Waals surface area contributed by atoms with E-state index in [1.165, 1.54) is 6.20 Å². The lowest BCUT2D eigenvalue weighted by Crippen LogP contribution is -2.39. The number of amides is 1. The first kappa shape index (κ1) is 15.4. The van der Waals surface area contributed by atoms with Crippen molar-refractivity contribution in [3.8, 4) is 11.5 Å². The Hall–Kier alpha value is -2.49. The van der Waals surface area contributed by atoms with Crippen LogP contribution < -0.4 is 11.1 Å². The van der Waals surface area contributed by atoms with Crippen molar-refractivity contribution in [3.05, 3.63) is 34.9 Å². The minimum atomic E-state index is -3.09. The molecule has 1 aliphatic rings. The molecule has 1 saturated heterocycles. The van der Waals surface area contributed by atoms with Crippen LogP contribution in [-0.4, -0.2) is 46.6 Å². The van der Waals surface area contributed by atoms with Gasteiger partial charge in [-0.15, -0.1) is 0 Å². The van der Waals surface area contributed by atoms with Crippen LogP contribution in [-0.2, 0) is 21.2 Å². The highest BCUT2D eigenvalue weighted by Gasteiger charge is 2.29. The third-order valence-corrected chi connectivity index (χ3v) is 5.25. The molecule has 3 heterocycles. The topological polar surface area (TPSA) is 124 Å². The van der Waals surface area contributed by atoms with Crippen molar-refractivity contribution >= 4 is 15.7 Å². The van der Waals surface area contributed by atoms with E-state index in [0.717, 1.165) is 4.57 Å². The van der Waals surface area contributed by atoms with Crippen molar-refractivity contribution < 1.29 is 17.7 Å². The van der Waals surface area contributed by atoms with Gasteiger partial charge >= 0.3 is 5.76 Å². The molecule has 0 unspecified atom stereocenters. The number of aromatic nitrogens is 3. The Bertz CT molecular complexity index is 871. The molecule has 1 N–H and O–H groups in total. The molecule has 122 valence electrons. The zero-order chi connectivity index (χ0) is 16.4. The van der Waals surface area contributed by atoms with Gasteiger partial charge in [-0.1, -0.05) is 11.2 Å². The second kappa shape index (κ2) is 5.95. The predicted molar refractivity (Wildman–Crippen MR) is 79.2 cm³/mol. The third kappa shape index (κ3) is 3.47. The van der Waals surface area contributed by atoms with Crippen LogP contribution in [0, 0.1) is 0 Å². The molecular weight excluding hydrogens is 324 g/mol. The highest BCUT2D eigenvalue weighted by molar-refractivity contribution is 7.91. The van der Waals surface area contributed by atoms with Gasteiger partial charge in [-0.05, 0) is 18.6 Å².